The molecule has 3 N–H and O–H groups in total. The van der Waals surface area contributed by atoms with Crippen molar-refractivity contribution in [3.63, 3.8) is 0 Å². The van der Waals surface area contributed by atoms with Crippen LogP contribution in [0.25, 0.3) is 0 Å². The molecule has 0 radical (unpaired) electrons. The number of halogens is 4. The predicted octanol–water partition coefficient (Wildman–Crippen LogP) is 6.07. The summed E-state index contributed by atoms with van der Waals surface area (Å²) in [7, 11) is 10.1. The van der Waals surface area contributed by atoms with E-state index in [2.05, 4.69) is 22.9 Å². The second-order valence-corrected chi connectivity index (χ2v) is 31.5. The molecule has 0 aromatic heterocycles. The minimum atomic E-state index is -4.75. The van der Waals surface area contributed by atoms with E-state index in [0.29, 0.717) is 44.4 Å². The Morgan fingerprint density at radius 3 is 1.82 bits per heavy atom. The smallest absolute Gasteiger partial charge is 0.347 e. The van der Waals surface area contributed by atoms with Crippen LogP contribution in [0.4, 0.5) is 17.6 Å². The van der Waals surface area contributed by atoms with Crippen LogP contribution in [-0.4, -0.2) is 263 Å². The first-order chi connectivity index (χ1) is 47.5. The van der Waals surface area contributed by atoms with E-state index >= 15 is 33.2 Å². The van der Waals surface area contributed by atoms with Crippen molar-refractivity contribution in [1.82, 2.24) is 60.0 Å². The summed E-state index contributed by atoms with van der Waals surface area (Å²) in [5.74, 6) is -11.0. The van der Waals surface area contributed by atoms with Crippen LogP contribution in [0.3, 0.4) is 0 Å². The number of hydrogen-bond acceptors (Lipinski definition) is 12. The Morgan fingerprint density at radius 2 is 1.26 bits per heavy atom. The Balaban J connectivity index is 1.29. The van der Waals surface area contributed by atoms with Crippen molar-refractivity contribution in [2.75, 3.05) is 75.5 Å². The summed E-state index contributed by atoms with van der Waals surface area (Å²) in [4.78, 5) is 192. The molecule has 7 fully saturated rings. The van der Waals surface area contributed by atoms with Crippen LogP contribution in [0, 0.1) is 41.4 Å². The van der Waals surface area contributed by atoms with Crippen LogP contribution in [-0.2, 0) is 57.5 Å². The number of carbonyl (C=O) groups is 12. The zero-order valence-electron chi connectivity index (χ0n) is 62.5. The Hall–Kier alpha value is -6.64. The van der Waals surface area contributed by atoms with Gasteiger partial charge in [-0.1, -0.05) is 92.4 Å². The fourth-order valence-electron chi connectivity index (χ4n) is 16.9. The molecule has 0 aromatic rings. The van der Waals surface area contributed by atoms with Gasteiger partial charge in [0.15, 0.2) is 0 Å². The average molecular weight is 1430 g/mol. The number of nitrogens with zero attached hydrogens (tertiary/aromatic N) is 9. The van der Waals surface area contributed by atoms with Gasteiger partial charge in [0.25, 0.3) is 0 Å². The van der Waals surface area contributed by atoms with Gasteiger partial charge in [-0.05, 0) is 139 Å². The lowest BCUT2D eigenvalue weighted by Gasteiger charge is -2.46. The summed E-state index contributed by atoms with van der Waals surface area (Å²) >= 11 is 0. The summed E-state index contributed by atoms with van der Waals surface area (Å²) in [5, 5.41) is 8.79. The van der Waals surface area contributed by atoms with Gasteiger partial charge in [0.1, 0.15) is 66.1 Å². The molecule has 3 saturated heterocycles. The molecule has 3 heterocycles. The fraction of sp³-hybridized carbons (Fsp3) is 0.836. The first kappa shape index (κ1) is 81.7. The molecule has 0 aromatic carbocycles. The van der Waals surface area contributed by atoms with Gasteiger partial charge >= 0.3 is 6.18 Å². The lowest BCUT2D eigenvalue weighted by molar-refractivity contribution is -0.201. The van der Waals surface area contributed by atoms with Crippen LogP contribution in [0.2, 0.25) is 0 Å². The standard InChI is InChI=1S/C73H118F4N12O12/c1-15-45(6)60-69(99)83(11)46(7)64(94)89-37-33-54(89)68(98)87(16-2)57(40-48-27-25-44(5)26-28-48)67(97)82(10)42-58(90)78-52(32-30-47-29-31-50(51(74)39-47)73(75,76)77)65(95)88-36-21-24-53(88)63(93)80-72(34-19-20-35-72)71(101)86(14)61(49-22-17-18-23-49)70(100)85(13)56(66(96)81(8)9)41-59(91)84(12)55(38-43(3)4)62(92)79-60/h43-57,60-61H,15-42H2,1-14H3,(H,78,90)(H,79,92)(H,80,93)/t44?,45-,46-,47?,48?,50?,51?,52-,53-,54-,55-,56-,57-,60-,61-/m0/s1. The molecule has 4 saturated carbocycles. The molecule has 7 rings (SSSR count). The molecule has 3 aliphatic heterocycles. The number of alkyl halides is 4. The zero-order chi connectivity index (χ0) is 74.9. The van der Waals surface area contributed by atoms with Crippen molar-refractivity contribution in [3.05, 3.63) is 0 Å². The van der Waals surface area contributed by atoms with Crippen molar-refractivity contribution >= 4 is 70.9 Å². The number of nitrogens with one attached hydrogen (secondary N) is 3. The van der Waals surface area contributed by atoms with E-state index in [4.69, 9.17) is 0 Å². The lowest BCUT2D eigenvalue weighted by Crippen LogP contribution is -2.65. The van der Waals surface area contributed by atoms with E-state index in [0.717, 1.165) is 38.5 Å². The second-order valence-electron chi connectivity index (χ2n) is 31.5. The van der Waals surface area contributed by atoms with E-state index in [1.165, 1.54) is 100 Å². The predicted molar refractivity (Wildman–Crippen MR) is 370 cm³/mol. The highest BCUT2D eigenvalue weighted by Gasteiger charge is 2.53. The van der Waals surface area contributed by atoms with E-state index in [9.17, 15) is 41.9 Å². The highest BCUT2D eigenvalue weighted by Crippen LogP contribution is 2.44. The zero-order valence-corrected chi connectivity index (χ0v) is 62.5. The number of likely N-dealkylation sites (N-methyl/N-ethyl adjacent to an activating group) is 7. The lowest BCUT2D eigenvalue weighted by atomic mass is 9.78. The Morgan fingerprint density at radius 1 is 0.634 bits per heavy atom. The minimum absolute atomic E-state index is 0.000652. The normalized spacial score (nSPS) is 32.0. The molecule has 24 nitrogen and oxygen atoms in total. The van der Waals surface area contributed by atoms with Crippen LogP contribution in [0.1, 0.15) is 203 Å². The molecular weight excluding hydrogens is 1310 g/mol. The first-order valence-electron chi connectivity index (χ1n) is 37.5. The van der Waals surface area contributed by atoms with Gasteiger partial charge in [-0.25, -0.2) is 4.39 Å². The van der Waals surface area contributed by atoms with E-state index < -0.39 is 193 Å². The quantitative estimate of drug-likeness (QED) is 0.188. The third-order valence-corrected chi connectivity index (χ3v) is 23.9. The molecule has 13 atom stereocenters. The molecule has 570 valence electrons. The van der Waals surface area contributed by atoms with Gasteiger partial charge in [0.2, 0.25) is 70.9 Å². The molecule has 12 amide bonds. The summed E-state index contributed by atoms with van der Waals surface area (Å²) in [6.45, 7) is 12.3. The average Bonchev–Trinajstić information content (AvgIpc) is 1.75. The number of carbonyl (C=O) groups excluding carboxylic acids is 12. The fourth-order valence-corrected chi connectivity index (χ4v) is 16.9. The number of rotatable bonds is 12. The molecule has 28 heteroatoms. The van der Waals surface area contributed by atoms with Gasteiger partial charge in [-0.2, -0.15) is 13.2 Å². The molecule has 7 aliphatic rings. The van der Waals surface area contributed by atoms with Crippen LogP contribution >= 0.6 is 0 Å². The van der Waals surface area contributed by atoms with Crippen molar-refractivity contribution in [3.8, 4) is 0 Å². The van der Waals surface area contributed by atoms with E-state index in [1.54, 1.807) is 13.8 Å². The molecule has 4 aliphatic carbocycles. The maximum Gasteiger partial charge on any atom is 0.394 e. The Kier molecular flexibility index (Phi) is 28.5. The molecule has 1 spiro atoms. The van der Waals surface area contributed by atoms with Crippen LogP contribution in [0.15, 0.2) is 0 Å². The SMILES string of the molecule is CC[C@H](C)[C@@H]1NC(=O)[C@H](CC(C)C)N(C)C(=O)C[C@@H](C(=O)N(C)C)N(C)C(=O)[C@H](C2CCCC2)N(C)C(=O)C2(CCCC2)NC(=O)[C@@H]2CCCN2C(=O)[C@H](CCC2CCC(C(F)(F)F)C(F)C2)NC(=O)CN(C)C(=O)[C@H](CC2CCC(C)CC2)N(CC)C(=O)[C@@H]2CCN2C(=O)[C@H](C)N(C)C1=O. The number of hydrogen-bond donors (Lipinski definition) is 3. The highest BCUT2D eigenvalue weighted by molar-refractivity contribution is 6.01. The largest absolute Gasteiger partial charge is 0.394 e. The third-order valence-electron chi connectivity index (χ3n) is 23.9. The Bertz CT molecular complexity index is 2970. The molecule has 101 heavy (non-hydrogen) atoms. The van der Waals surface area contributed by atoms with E-state index in [1.807, 2.05) is 20.8 Å². The second kappa shape index (κ2) is 35.2. The topological polar surface area (TPSA) is 270 Å². The van der Waals surface area contributed by atoms with Gasteiger partial charge in [0, 0.05) is 69.0 Å². The third kappa shape index (κ3) is 19.2. The van der Waals surface area contributed by atoms with Crippen molar-refractivity contribution < 1.29 is 75.1 Å². The first-order valence-corrected chi connectivity index (χ1v) is 37.5. The van der Waals surface area contributed by atoms with Crippen molar-refractivity contribution in [2.24, 2.45) is 41.4 Å². The molecule has 3 unspecified atom stereocenters. The summed E-state index contributed by atoms with van der Waals surface area (Å²) in [6, 6.07) is -11.0. The van der Waals surface area contributed by atoms with Gasteiger partial charge in [-0.3, -0.25) is 57.5 Å². The maximum absolute atomic E-state index is 15.6. The van der Waals surface area contributed by atoms with Gasteiger partial charge < -0.3 is 60.0 Å². The van der Waals surface area contributed by atoms with Crippen LogP contribution in [0.5, 0.6) is 0 Å². The molecular formula is C73H118F4N12O12. The summed E-state index contributed by atoms with van der Waals surface area (Å²) < 4.78 is 57.0. The summed E-state index contributed by atoms with van der Waals surface area (Å²) in [6.07, 6.45) is 0.0900. The maximum atomic E-state index is 15.6. The van der Waals surface area contributed by atoms with Gasteiger partial charge in [0.05, 0.1) is 18.9 Å². The van der Waals surface area contributed by atoms with E-state index in [-0.39, 0.29) is 89.3 Å². The minimum Gasteiger partial charge on any atom is -0.347 e. The van der Waals surface area contributed by atoms with Crippen molar-refractivity contribution in [1.29, 1.82) is 0 Å². The number of fused-ring (bicyclic) bond motifs is 2. The Labute approximate surface area is 595 Å². The molecule has 0 bridgehead atoms. The van der Waals surface area contributed by atoms with Crippen LogP contribution < -0.4 is 16.0 Å². The highest BCUT2D eigenvalue weighted by atomic mass is 19.4. The number of amides is 12. The van der Waals surface area contributed by atoms with Crippen molar-refractivity contribution in [2.45, 2.75) is 275 Å². The summed E-state index contributed by atoms with van der Waals surface area (Å²) in [5.41, 5.74) is -1.58. The van der Waals surface area contributed by atoms with Gasteiger partial charge in [-0.15, -0.1) is 0 Å². The monoisotopic (exact) mass is 1430 g/mol.